The highest BCUT2D eigenvalue weighted by Crippen LogP contribution is 2.39. The van der Waals surface area contributed by atoms with Gasteiger partial charge in [0, 0.05) is 72.6 Å². The largest absolute Gasteiger partial charge is 0.475 e. The summed E-state index contributed by atoms with van der Waals surface area (Å²) in [4.78, 5) is 24.2. The monoisotopic (exact) mass is 564 g/mol. The van der Waals surface area contributed by atoms with E-state index in [0.717, 1.165) is 65.9 Å². The van der Waals surface area contributed by atoms with E-state index in [0.29, 0.717) is 56.1 Å². The van der Waals surface area contributed by atoms with Gasteiger partial charge in [-0.05, 0) is 50.4 Å². The Bertz CT molecular complexity index is 1590. The van der Waals surface area contributed by atoms with E-state index < -0.39 is 5.91 Å². The number of nitrogens with zero attached hydrogens (tertiary/aromatic N) is 6. The summed E-state index contributed by atoms with van der Waals surface area (Å²) in [7, 11) is 2.11. The van der Waals surface area contributed by atoms with Crippen molar-refractivity contribution in [3.05, 3.63) is 58.7 Å². The molecular formula is C32H36N8O2. The summed E-state index contributed by atoms with van der Waals surface area (Å²) in [6.07, 6.45) is 3.29. The Hall–Kier alpha value is -4.38. The summed E-state index contributed by atoms with van der Waals surface area (Å²) >= 11 is 0. The van der Waals surface area contributed by atoms with Crippen LogP contribution in [0.5, 0.6) is 5.88 Å². The topological polar surface area (TPSA) is 135 Å². The molecular weight excluding hydrogens is 528 g/mol. The summed E-state index contributed by atoms with van der Waals surface area (Å²) in [6, 6.07) is 16.7. The molecule has 42 heavy (non-hydrogen) atoms. The fraction of sp³-hybridized carbons (Fsp3) is 0.438. The van der Waals surface area contributed by atoms with Crippen LogP contribution in [0.25, 0.3) is 10.8 Å². The average Bonchev–Trinajstić information content (AvgIpc) is 3.43. The number of pyridine rings is 1. The lowest BCUT2D eigenvalue weighted by molar-refractivity contribution is 0.100. The van der Waals surface area contributed by atoms with Crippen LogP contribution in [0, 0.1) is 22.7 Å². The van der Waals surface area contributed by atoms with E-state index in [2.05, 4.69) is 39.2 Å². The van der Waals surface area contributed by atoms with Gasteiger partial charge in [-0.3, -0.25) is 4.79 Å². The number of anilines is 2. The summed E-state index contributed by atoms with van der Waals surface area (Å²) in [6.45, 7) is 4.86. The van der Waals surface area contributed by atoms with Crippen molar-refractivity contribution in [1.29, 1.82) is 10.5 Å². The number of benzene rings is 2. The SMILES string of the molecule is CN1CCC[C@H]1COc1nc(N2CCN[C@H](CC#N)C2)c2c(c1C#N)CN(c1cccc3cccc(C(N)=O)c13)CC2. The minimum atomic E-state index is -0.465. The Labute approximate surface area is 246 Å². The first-order chi connectivity index (χ1) is 20.5. The van der Waals surface area contributed by atoms with Gasteiger partial charge in [0.15, 0.2) is 0 Å². The number of likely N-dealkylation sites (N-methyl/N-ethyl adjacent to an activating group) is 1. The molecule has 6 rings (SSSR count). The smallest absolute Gasteiger partial charge is 0.249 e. The van der Waals surface area contributed by atoms with Crippen LogP contribution >= 0.6 is 0 Å². The number of carbonyl (C=O) groups is 1. The molecule has 3 aliphatic heterocycles. The summed E-state index contributed by atoms with van der Waals surface area (Å²) < 4.78 is 6.37. The predicted octanol–water partition coefficient (Wildman–Crippen LogP) is 2.93. The van der Waals surface area contributed by atoms with E-state index in [1.807, 2.05) is 30.3 Å². The molecule has 0 radical (unpaired) electrons. The molecule has 1 amide bonds. The van der Waals surface area contributed by atoms with Crippen molar-refractivity contribution in [1.82, 2.24) is 15.2 Å². The number of nitrogens with one attached hydrogen (secondary N) is 1. The molecule has 2 fully saturated rings. The van der Waals surface area contributed by atoms with Gasteiger partial charge in [-0.25, -0.2) is 0 Å². The molecule has 10 heteroatoms. The maximum atomic E-state index is 12.4. The van der Waals surface area contributed by atoms with Crippen LogP contribution in [-0.4, -0.2) is 74.3 Å². The number of nitriles is 2. The van der Waals surface area contributed by atoms with Crippen molar-refractivity contribution < 1.29 is 9.53 Å². The molecule has 2 aromatic carbocycles. The highest BCUT2D eigenvalue weighted by Gasteiger charge is 2.32. The molecule has 0 bridgehead atoms. The fourth-order valence-corrected chi connectivity index (χ4v) is 6.70. The van der Waals surface area contributed by atoms with Crippen molar-refractivity contribution in [3.63, 3.8) is 0 Å². The lowest BCUT2D eigenvalue weighted by Crippen LogP contribution is -2.51. The maximum Gasteiger partial charge on any atom is 0.249 e. The van der Waals surface area contributed by atoms with Crippen molar-refractivity contribution in [2.75, 3.05) is 56.2 Å². The number of nitrogens with two attached hydrogens (primary N) is 1. The zero-order chi connectivity index (χ0) is 29.2. The Morgan fingerprint density at radius 1 is 1.14 bits per heavy atom. The number of ether oxygens (including phenoxy) is 1. The van der Waals surface area contributed by atoms with E-state index in [4.69, 9.17) is 15.5 Å². The molecule has 0 aliphatic carbocycles. The highest BCUT2D eigenvalue weighted by atomic mass is 16.5. The summed E-state index contributed by atoms with van der Waals surface area (Å²) in [5.74, 6) is 0.756. The van der Waals surface area contributed by atoms with Crippen LogP contribution in [0.2, 0.25) is 0 Å². The molecule has 2 atom stereocenters. The second-order valence-corrected chi connectivity index (χ2v) is 11.4. The number of hydrogen-bond acceptors (Lipinski definition) is 9. The molecule has 216 valence electrons. The molecule has 3 N–H and O–H groups in total. The van der Waals surface area contributed by atoms with Gasteiger partial charge in [-0.1, -0.05) is 24.3 Å². The number of likely N-dealkylation sites (tertiary alicyclic amines) is 1. The van der Waals surface area contributed by atoms with Crippen molar-refractivity contribution in [3.8, 4) is 18.0 Å². The van der Waals surface area contributed by atoms with Gasteiger partial charge in [0.05, 0.1) is 12.5 Å². The number of hydrogen-bond donors (Lipinski definition) is 2. The average molecular weight is 565 g/mol. The van der Waals surface area contributed by atoms with Gasteiger partial charge in [0.1, 0.15) is 24.1 Å². The van der Waals surface area contributed by atoms with Crippen LogP contribution < -0.4 is 25.6 Å². The highest BCUT2D eigenvalue weighted by molar-refractivity contribution is 6.11. The first-order valence-electron chi connectivity index (χ1n) is 14.7. The van der Waals surface area contributed by atoms with Gasteiger partial charge < -0.3 is 30.5 Å². The van der Waals surface area contributed by atoms with Gasteiger partial charge in [-0.15, -0.1) is 0 Å². The van der Waals surface area contributed by atoms with Crippen molar-refractivity contribution >= 4 is 28.2 Å². The first kappa shape index (κ1) is 27.8. The Morgan fingerprint density at radius 2 is 1.98 bits per heavy atom. The molecule has 4 heterocycles. The summed E-state index contributed by atoms with van der Waals surface area (Å²) in [5.41, 5.74) is 9.63. The Kier molecular flexibility index (Phi) is 7.84. The number of fused-ring (bicyclic) bond motifs is 2. The third-order valence-electron chi connectivity index (χ3n) is 8.92. The van der Waals surface area contributed by atoms with E-state index in [9.17, 15) is 15.3 Å². The van der Waals surface area contributed by atoms with Gasteiger partial charge in [0.25, 0.3) is 0 Å². The lowest BCUT2D eigenvalue weighted by atomic mass is 9.93. The zero-order valence-corrected chi connectivity index (χ0v) is 24.0. The van der Waals surface area contributed by atoms with E-state index >= 15 is 0 Å². The van der Waals surface area contributed by atoms with Gasteiger partial charge in [-0.2, -0.15) is 15.5 Å². The first-order valence-corrected chi connectivity index (χ1v) is 14.7. The zero-order valence-electron chi connectivity index (χ0n) is 24.0. The van der Waals surface area contributed by atoms with Crippen LogP contribution in [0.15, 0.2) is 36.4 Å². The van der Waals surface area contributed by atoms with Crippen molar-refractivity contribution in [2.45, 2.75) is 44.3 Å². The van der Waals surface area contributed by atoms with Crippen molar-refractivity contribution in [2.24, 2.45) is 5.73 Å². The van der Waals surface area contributed by atoms with E-state index in [-0.39, 0.29) is 12.1 Å². The van der Waals surface area contributed by atoms with E-state index in [1.165, 1.54) is 0 Å². The normalized spacial score (nSPS) is 20.6. The van der Waals surface area contributed by atoms with Crippen LogP contribution in [0.3, 0.4) is 0 Å². The van der Waals surface area contributed by atoms with Crippen LogP contribution in [-0.2, 0) is 13.0 Å². The predicted molar refractivity (Wildman–Crippen MR) is 162 cm³/mol. The molecule has 10 nitrogen and oxygen atoms in total. The number of rotatable bonds is 7. The number of piperazine rings is 1. The number of amides is 1. The second kappa shape index (κ2) is 11.8. The summed E-state index contributed by atoms with van der Waals surface area (Å²) in [5, 5.41) is 25.0. The Morgan fingerprint density at radius 3 is 2.71 bits per heavy atom. The Balaban J connectivity index is 1.42. The van der Waals surface area contributed by atoms with Crippen LogP contribution in [0.1, 0.15) is 46.3 Å². The number of primary amides is 1. The molecule has 0 unspecified atom stereocenters. The molecule has 1 aromatic heterocycles. The minimum absolute atomic E-state index is 0.0522. The minimum Gasteiger partial charge on any atom is -0.475 e. The van der Waals surface area contributed by atoms with Gasteiger partial charge in [0.2, 0.25) is 11.8 Å². The molecule has 3 aliphatic rings. The second-order valence-electron chi connectivity index (χ2n) is 11.4. The van der Waals surface area contributed by atoms with Crippen LogP contribution in [0.4, 0.5) is 11.5 Å². The number of aromatic nitrogens is 1. The third kappa shape index (κ3) is 5.20. The fourth-order valence-electron chi connectivity index (χ4n) is 6.70. The molecule has 3 aromatic rings. The van der Waals surface area contributed by atoms with Gasteiger partial charge >= 0.3 is 0 Å². The standard InChI is InChI=1S/C32H36N8O2/c1-38-14-4-7-23(38)20-42-32-26(17-34)27-19-39(28-9-3-6-21-5-2-8-25(29(21)28)30(35)41)15-11-24(27)31(37-32)40-16-13-36-22(18-40)10-12-33/h2-3,5-6,8-9,22-23,36H,4,7,10-11,13-16,18-20H2,1H3,(H2,35,41)/t22-,23+/m1/s1. The lowest BCUT2D eigenvalue weighted by Gasteiger charge is -2.38. The molecule has 0 saturated carbocycles. The third-order valence-corrected chi connectivity index (χ3v) is 8.92. The maximum absolute atomic E-state index is 12.4. The molecule has 2 saturated heterocycles. The van der Waals surface area contributed by atoms with E-state index in [1.54, 1.807) is 6.07 Å². The quantitative estimate of drug-likeness (QED) is 0.444. The molecule has 0 spiro atoms. The number of carbonyl (C=O) groups excluding carboxylic acids is 1.